The molecule has 1 aromatic heterocycles. The first-order valence-corrected chi connectivity index (χ1v) is 6.39. The maximum absolute atomic E-state index is 13.1. The highest BCUT2D eigenvalue weighted by molar-refractivity contribution is 5.98. The van der Waals surface area contributed by atoms with Crippen molar-refractivity contribution < 1.29 is 9.18 Å². The van der Waals surface area contributed by atoms with E-state index < -0.39 is 0 Å². The smallest absolute Gasteiger partial charge is 0.270 e. The number of H-pyrrole nitrogens is 1. The molecule has 1 saturated heterocycles. The Balaban J connectivity index is 1.85. The first kappa shape index (κ1) is 12.2. The van der Waals surface area contributed by atoms with E-state index in [0.717, 1.165) is 31.6 Å². The van der Waals surface area contributed by atoms with E-state index >= 15 is 0 Å². The second-order valence-electron chi connectivity index (χ2n) is 5.01. The van der Waals surface area contributed by atoms with Crippen LogP contribution in [0.1, 0.15) is 10.5 Å². The first-order valence-electron chi connectivity index (χ1n) is 6.39. The Hall–Kier alpha value is -1.88. The van der Waals surface area contributed by atoms with Gasteiger partial charge in [-0.15, -0.1) is 0 Å². The summed E-state index contributed by atoms with van der Waals surface area (Å²) in [4.78, 5) is 19.4. The normalized spacial score (nSPS) is 17.1. The van der Waals surface area contributed by atoms with Gasteiger partial charge in [-0.05, 0) is 31.3 Å². The molecule has 1 N–H and O–H groups in total. The van der Waals surface area contributed by atoms with E-state index in [4.69, 9.17) is 0 Å². The highest BCUT2D eigenvalue weighted by atomic mass is 19.1. The van der Waals surface area contributed by atoms with Crippen molar-refractivity contribution in [2.45, 2.75) is 0 Å². The van der Waals surface area contributed by atoms with Gasteiger partial charge in [0, 0.05) is 37.1 Å². The Morgan fingerprint density at radius 3 is 2.68 bits per heavy atom. The number of piperazine rings is 1. The highest BCUT2D eigenvalue weighted by Gasteiger charge is 2.21. The number of nitrogens with zero attached hydrogens (tertiary/aromatic N) is 2. The van der Waals surface area contributed by atoms with E-state index in [9.17, 15) is 9.18 Å². The average molecular weight is 261 g/mol. The van der Waals surface area contributed by atoms with Gasteiger partial charge in [-0.3, -0.25) is 4.79 Å². The second kappa shape index (κ2) is 4.66. The predicted octanol–water partition coefficient (Wildman–Crippen LogP) is 1.69. The van der Waals surface area contributed by atoms with Crippen LogP contribution < -0.4 is 0 Å². The first-order chi connectivity index (χ1) is 9.13. The van der Waals surface area contributed by atoms with E-state index in [1.165, 1.54) is 12.1 Å². The summed E-state index contributed by atoms with van der Waals surface area (Å²) < 4.78 is 13.1. The van der Waals surface area contributed by atoms with Crippen LogP contribution in [-0.4, -0.2) is 53.9 Å². The number of benzene rings is 1. The van der Waals surface area contributed by atoms with E-state index in [1.54, 1.807) is 12.1 Å². The number of aromatic nitrogens is 1. The van der Waals surface area contributed by atoms with Crippen molar-refractivity contribution >= 4 is 16.8 Å². The monoisotopic (exact) mass is 261 g/mol. The zero-order valence-electron chi connectivity index (χ0n) is 10.8. The number of fused-ring (bicyclic) bond motifs is 1. The van der Waals surface area contributed by atoms with Crippen molar-refractivity contribution in [2.75, 3.05) is 33.2 Å². The predicted molar refractivity (Wildman–Crippen MR) is 71.7 cm³/mol. The minimum Gasteiger partial charge on any atom is -0.350 e. The molecule has 0 spiro atoms. The summed E-state index contributed by atoms with van der Waals surface area (Å²) in [5.74, 6) is -0.308. The number of hydrogen-bond donors (Lipinski definition) is 1. The van der Waals surface area contributed by atoms with Crippen LogP contribution in [0, 0.1) is 5.82 Å². The molecule has 0 unspecified atom stereocenters. The van der Waals surface area contributed by atoms with E-state index in [-0.39, 0.29) is 11.7 Å². The molecule has 0 saturated carbocycles. The fourth-order valence-corrected chi connectivity index (χ4v) is 2.39. The number of rotatable bonds is 1. The molecule has 1 aromatic carbocycles. The molecule has 1 amide bonds. The Labute approximate surface area is 110 Å². The van der Waals surface area contributed by atoms with Crippen LogP contribution in [0.2, 0.25) is 0 Å². The fourth-order valence-electron chi connectivity index (χ4n) is 2.39. The number of carbonyl (C=O) groups excluding carboxylic acids is 1. The van der Waals surface area contributed by atoms with Crippen LogP contribution in [0.25, 0.3) is 10.9 Å². The third-order valence-corrected chi connectivity index (χ3v) is 3.61. The topological polar surface area (TPSA) is 39.3 Å². The minimum absolute atomic E-state index is 0.00953. The van der Waals surface area contributed by atoms with Crippen LogP contribution in [0.5, 0.6) is 0 Å². The number of halogens is 1. The maximum atomic E-state index is 13.1. The summed E-state index contributed by atoms with van der Waals surface area (Å²) in [5, 5.41) is 0.860. The minimum atomic E-state index is -0.298. The van der Waals surface area contributed by atoms with Gasteiger partial charge < -0.3 is 14.8 Å². The molecule has 1 aliphatic heterocycles. The molecule has 1 aliphatic rings. The number of likely N-dealkylation sites (N-methyl/N-ethyl adjacent to an activating group) is 1. The van der Waals surface area contributed by atoms with Crippen LogP contribution in [-0.2, 0) is 0 Å². The Morgan fingerprint density at radius 2 is 1.95 bits per heavy atom. The van der Waals surface area contributed by atoms with Crippen molar-refractivity contribution in [1.29, 1.82) is 0 Å². The van der Waals surface area contributed by atoms with Crippen molar-refractivity contribution in [2.24, 2.45) is 0 Å². The SMILES string of the molecule is CN1CCN(C(=O)c2cc3ccc(F)cc3[nH]2)CC1. The van der Waals surface area contributed by atoms with Crippen LogP contribution >= 0.6 is 0 Å². The van der Waals surface area contributed by atoms with E-state index in [1.807, 2.05) is 11.9 Å². The zero-order chi connectivity index (χ0) is 13.4. The summed E-state index contributed by atoms with van der Waals surface area (Å²) in [5.41, 5.74) is 1.20. The van der Waals surface area contributed by atoms with Gasteiger partial charge >= 0.3 is 0 Å². The molecule has 0 bridgehead atoms. The van der Waals surface area contributed by atoms with Gasteiger partial charge in [-0.2, -0.15) is 0 Å². The lowest BCUT2D eigenvalue weighted by Gasteiger charge is -2.32. The van der Waals surface area contributed by atoms with Gasteiger partial charge in [0.1, 0.15) is 11.5 Å². The Kier molecular flexibility index (Phi) is 2.98. The van der Waals surface area contributed by atoms with Gasteiger partial charge in [-0.25, -0.2) is 4.39 Å². The molecule has 1 fully saturated rings. The highest BCUT2D eigenvalue weighted by Crippen LogP contribution is 2.18. The molecule has 0 radical (unpaired) electrons. The molecule has 2 heterocycles. The largest absolute Gasteiger partial charge is 0.350 e. The van der Waals surface area contributed by atoms with Crippen molar-refractivity contribution in [1.82, 2.24) is 14.8 Å². The summed E-state index contributed by atoms with van der Waals surface area (Å²) in [7, 11) is 2.05. The molecular formula is C14H16FN3O. The van der Waals surface area contributed by atoms with Gasteiger partial charge in [0.05, 0.1) is 0 Å². The fraction of sp³-hybridized carbons (Fsp3) is 0.357. The number of amides is 1. The molecule has 2 aromatic rings. The number of nitrogens with one attached hydrogen (secondary N) is 1. The lowest BCUT2D eigenvalue weighted by molar-refractivity contribution is 0.0659. The third kappa shape index (κ3) is 2.33. The van der Waals surface area contributed by atoms with Gasteiger partial charge in [0.2, 0.25) is 0 Å². The van der Waals surface area contributed by atoms with Crippen LogP contribution in [0.3, 0.4) is 0 Å². The summed E-state index contributed by atoms with van der Waals surface area (Å²) in [6.07, 6.45) is 0. The molecule has 3 rings (SSSR count). The lowest BCUT2D eigenvalue weighted by atomic mass is 10.2. The summed E-state index contributed by atoms with van der Waals surface area (Å²) >= 11 is 0. The van der Waals surface area contributed by atoms with Crippen LogP contribution in [0.15, 0.2) is 24.3 Å². The zero-order valence-corrected chi connectivity index (χ0v) is 10.8. The van der Waals surface area contributed by atoms with Gasteiger partial charge in [0.15, 0.2) is 0 Å². The van der Waals surface area contributed by atoms with Crippen molar-refractivity contribution in [3.8, 4) is 0 Å². The quantitative estimate of drug-likeness (QED) is 0.848. The molecule has 4 nitrogen and oxygen atoms in total. The molecule has 0 atom stereocenters. The summed E-state index contributed by atoms with van der Waals surface area (Å²) in [6, 6.07) is 6.29. The molecular weight excluding hydrogens is 245 g/mol. The summed E-state index contributed by atoms with van der Waals surface area (Å²) in [6.45, 7) is 3.25. The lowest BCUT2D eigenvalue weighted by Crippen LogP contribution is -2.47. The number of hydrogen-bond acceptors (Lipinski definition) is 2. The van der Waals surface area contributed by atoms with Crippen molar-refractivity contribution in [3.05, 3.63) is 35.8 Å². The molecule has 19 heavy (non-hydrogen) atoms. The molecule has 100 valence electrons. The maximum Gasteiger partial charge on any atom is 0.270 e. The van der Waals surface area contributed by atoms with Crippen LogP contribution in [0.4, 0.5) is 4.39 Å². The number of aromatic amines is 1. The standard InChI is InChI=1S/C14H16FN3O/c1-17-4-6-18(7-5-17)14(19)13-8-10-2-3-11(15)9-12(10)16-13/h2-3,8-9,16H,4-7H2,1H3. The number of carbonyl (C=O) groups is 1. The van der Waals surface area contributed by atoms with E-state index in [0.29, 0.717) is 11.2 Å². The van der Waals surface area contributed by atoms with Gasteiger partial charge in [-0.1, -0.05) is 0 Å². The Morgan fingerprint density at radius 1 is 1.21 bits per heavy atom. The Bertz CT molecular complexity index is 614. The van der Waals surface area contributed by atoms with E-state index in [2.05, 4.69) is 9.88 Å². The molecule has 5 heteroatoms. The van der Waals surface area contributed by atoms with Crippen molar-refractivity contribution in [3.63, 3.8) is 0 Å². The molecule has 0 aliphatic carbocycles. The second-order valence-corrected chi connectivity index (χ2v) is 5.01. The average Bonchev–Trinajstić information content (AvgIpc) is 2.81. The van der Waals surface area contributed by atoms with Gasteiger partial charge in [0.25, 0.3) is 5.91 Å². The third-order valence-electron chi connectivity index (χ3n) is 3.61.